The number of fused-ring (bicyclic) bond motifs is 1. The molecule has 2 N–H and O–H groups in total. The molecular weight excluding hydrogens is 290 g/mol. The van der Waals surface area contributed by atoms with Gasteiger partial charge in [-0.3, -0.25) is 0 Å². The molecule has 0 bridgehead atoms. The fourth-order valence-corrected chi connectivity index (χ4v) is 3.39. The average molecular weight is 305 g/mol. The van der Waals surface area contributed by atoms with E-state index < -0.39 is 0 Å². The number of nitrogens with zero attached hydrogens (tertiary/aromatic N) is 4. The molecule has 1 aromatic carbocycles. The zero-order valence-corrected chi connectivity index (χ0v) is 12.7. The quantitative estimate of drug-likeness (QED) is 0.687. The number of rotatable bonds is 3. The van der Waals surface area contributed by atoms with Gasteiger partial charge in [0, 0.05) is 29.2 Å². The summed E-state index contributed by atoms with van der Waals surface area (Å²) in [6.07, 6.45) is 3.81. The molecule has 0 aliphatic carbocycles. The lowest BCUT2D eigenvalue weighted by molar-refractivity contribution is 0.559. The molecule has 0 saturated carbocycles. The second kappa shape index (κ2) is 5.41. The highest BCUT2D eigenvalue weighted by molar-refractivity contribution is 7.98. The molecule has 2 aromatic rings. The summed E-state index contributed by atoms with van der Waals surface area (Å²) in [5.41, 5.74) is 7.97. The van der Waals surface area contributed by atoms with E-state index in [1.807, 2.05) is 12.3 Å². The maximum absolute atomic E-state index is 5.93. The third kappa shape index (κ3) is 2.27. The molecule has 2 heterocycles. The Morgan fingerprint density at radius 1 is 1.40 bits per heavy atom. The van der Waals surface area contributed by atoms with Gasteiger partial charge in [-0.05, 0) is 18.4 Å². The third-order valence-electron chi connectivity index (χ3n) is 3.45. The molecule has 0 spiro atoms. The van der Waals surface area contributed by atoms with Crippen molar-refractivity contribution < 1.29 is 0 Å². The Morgan fingerprint density at radius 3 is 3.00 bits per heavy atom. The van der Waals surface area contributed by atoms with Gasteiger partial charge in [0.05, 0.1) is 6.54 Å². The van der Waals surface area contributed by atoms with E-state index >= 15 is 0 Å². The van der Waals surface area contributed by atoms with Crippen molar-refractivity contribution in [3.05, 3.63) is 35.9 Å². The van der Waals surface area contributed by atoms with E-state index in [4.69, 9.17) is 18.0 Å². The standard InChI is InChI=1S/C13H15N5S2/c1-20-10-4-2-3-9(12(10)13(14)19)17-5-6-18-8-15-16-11(18)7-17/h2-4,8H,5-7H2,1H3,(H2,14,19). The Bertz CT molecular complexity index is 652. The van der Waals surface area contributed by atoms with Crippen molar-refractivity contribution >= 4 is 34.7 Å². The van der Waals surface area contributed by atoms with Gasteiger partial charge < -0.3 is 15.2 Å². The van der Waals surface area contributed by atoms with E-state index in [1.165, 1.54) is 0 Å². The van der Waals surface area contributed by atoms with Crippen LogP contribution in [0.1, 0.15) is 11.4 Å². The van der Waals surface area contributed by atoms with Crippen LogP contribution in [0, 0.1) is 0 Å². The van der Waals surface area contributed by atoms with Crippen LogP contribution in [0.3, 0.4) is 0 Å². The first-order valence-corrected chi connectivity index (χ1v) is 7.92. The molecule has 5 nitrogen and oxygen atoms in total. The number of aromatic nitrogens is 3. The lowest BCUT2D eigenvalue weighted by Gasteiger charge is -2.31. The second-order valence-electron chi connectivity index (χ2n) is 4.58. The topological polar surface area (TPSA) is 60.0 Å². The van der Waals surface area contributed by atoms with Crippen LogP contribution in [0.25, 0.3) is 0 Å². The Hall–Kier alpha value is -1.60. The highest BCUT2D eigenvalue weighted by atomic mass is 32.2. The molecule has 0 fully saturated rings. The molecule has 20 heavy (non-hydrogen) atoms. The van der Waals surface area contributed by atoms with Gasteiger partial charge >= 0.3 is 0 Å². The number of thioether (sulfide) groups is 1. The number of nitrogens with two attached hydrogens (primary N) is 1. The number of anilines is 1. The van der Waals surface area contributed by atoms with Crippen molar-refractivity contribution in [2.24, 2.45) is 5.73 Å². The molecule has 104 valence electrons. The highest BCUT2D eigenvalue weighted by Crippen LogP contribution is 2.31. The van der Waals surface area contributed by atoms with Crippen molar-refractivity contribution in [1.82, 2.24) is 14.8 Å². The Kier molecular flexibility index (Phi) is 3.62. The molecule has 0 unspecified atom stereocenters. The molecule has 1 aromatic heterocycles. The Morgan fingerprint density at radius 2 is 2.25 bits per heavy atom. The molecule has 3 rings (SSSR count). The summed E-state index contributed by atoms with van der Waals surface area (Å²) in [4.78, 5) is 3.82. The number of thiocarbonyl (C=S) groups is 1. The lowest BCUT2D eigenvalue weighted by Crippen LogP contribution is -2.35. The van der Waals surface area contributed by atoms with E-state index in [-0.39, 0.29) is 0 Å². The monoisotopic (exact) mass is 305 g/mol. The molecule has 0 saturated heterocycles. The van der Waals surface area contributed by atoms with Crippen LogP contribution in [-0.4, -0.2) is 32.6 Å². The molecule has 7 heteroatoms. The first-order chi connectivity index (χ1) is 9.70. The largest absolute Gasteiger partial charge is 0.389 e. The summed E-state index contributed by atoms with van der Waals surface area (Å²) in [5.74, 6) is 0.972. The van der Waals surface area contributed by atoms with Crippen LogP contribution in [0.4, 0.5) is 5.69 Å². The fraction of sp³-hybridized carbons (Fsp3) is 0.308. The van der Waals surface area contributed by atoms with Crippen molar-refractivity contribution in [3.8, 4) is 0 Å². The van der Waals surface area contributed by atoms with Crippen LogP contribution in [-0.2, 0) is 13.1 Å². The Balaban J connectivity index is 2.01. The maximum Gasteiger partial charge on any atom is 0.152 e. The van der Waals surface area contributed by atoms with Crippen molar-refractivity contribution in [2.45, 2.75) is 18.0 Å². The second-order valence-corrected chi connectivity index (χ2v) is 5.87. The molecule has 1 aliphatic heterocycles. The number of hydrogen-bond acceptors (Lipinski definition) is 5. The van der Waals surface area contributed by atoms with Crippen molar-refractivity contribution in [1.29, 1.82) is 0 Å². The van der Waals surface area contributed by atoms with Gasteiger partial charge in [0.25, 0.3) is 0 Å². The maximum atomic E-state index is 5.93. The summed E-state index contributed by atoms with van der Waals surface area (Å²) < 4.78 is 2.08. The molecule has 0 atom stereocenters. The van der Waals surface area contributed by atoms with Crippen molar-refractivity contribution in [2.75, 3.05) is 17.7 Å². The summed E-state index contributed by atoms with van der Waals surface area (Å²) in [6.45, 7) is 2.51. The normalized spacial score (nSPS) is 14.2. The predicted octanol–water partition coefficient (Wildman–Crippen LogP) is 1.65. The zero-order valence-electron chi connectivity index (χ0n) is 11.1. The smallest absolute Gasteiger partial charge is 0.152 e. The molecule has 0 radical (unpaired) electrons. The summed E-state index contributed by atoms with van der Waals surface area (Å²) in [5, 5.41) is 8.11. The number of hydrogen-bond donors (Lipinski definition) is 1. The first kappa shape index (κ1) is 13.4. The van der Waals surface area contributed by atoms with Crippen molar-refractivity contribution in [3.63, 3.8) is 0 Å². The number of benzene rings is 1. The molecule has 0 amide bonds. The van der Waals surface area contributed by atoms with E-state index in [1.54, 1.807) is 18.1 Å². The van der Waals surface area contributed by atoms with E-state index in [2.05, 4.69) is 31.8 Å². The van der Waals surface area contributed by atoms with E-state index in [0.29, 0.717) is 4.99 Å². The predicted molar refractivity (Wildman–Crippen MR) is 85.2 cm³/mol. The lowest BCUT2D eigenvalue weighted by atomic mass is 10.1. The van der Waals surface area contributed by atoms with Crippen LogP contribution < -0.4 is 10.6 Å². The fourth-order valence-electron chi connectivity index (χ4n) is 2.47. The van der Waals surface area contributed by atoms with E-state index in [0.717, 1.165) is 41.6 Å². The van der Waals surface area contributed by atoms with Gasteiger partial charge in [0.15, 0.2) is 5.82 Å². The SMILES string of the molecule is CSc1cccc(N2CCn3cnnc3C2)c1C(N)=S. The summed E-state index contributed by atoms with van der Waals surface area (Å²) >= 11 is 6.90. The average Bonchev–Trinajstić information content (AvgIpc) is 2.93. The van der Waals surface area contributed by atoms with Gasteiger partial charge in [0.1, 0.15) is 11.3 Å². The molecule has 1 aliphatic rings. The zero-order chi connectivity index (χ0) is 14.1. The van der Waals surface area contributed by atoms with Gasteiger partial charge in [0.2, 0.25) is 0 Å². The highest BCUT2D eigenvalue weighted by Gasteiger charge is 2.21. The minimum atomic E-state index is 0.442. The third-order valence-corrected chi connectivity index (χ3v) is 4.43. The van der Waals surface area contributed by atoms with Gasteiger partial charge in [-0.1, -0.05) is 18.3 Å². The first-order valence-electron chi connectivity index (χ1n) is 6.29. The molecular formula is C13H15N5S2. The summed E-state index contributed by atoms with van der Waals surface area (Å²) in [6, 6.07) is 6.16. The minimum absolute atomic E-state index is 0.442. The van der Waals surface area contributed by atoms with Crippen LogP contribution in [0.5, 0.6) is 0 Å². The Labute approximate surface area is 127 Å². The summed E-state index contributed by atoms with van der Waals surface area (Å²) in [7, 11) is 0. The van der Waals surface area contributed by atoms with Gasteiger partial charge in [-0.25, -0.2) is 0 Å². The van der Waals surface area contributed by atoms with Gasteiger partial charge in [-0.2, -0.15) is 0 Å². The van der Waals surface area contributed by atoms with Crippen LogP contribution >= 0.6 is 24.0 Å². The minimum Gasteiger partial charge on any atom is -0.389 e. The van der Waals surface area contributed by atoms with Crippen LogP contribution in [0.2, 0.25) is 0 Å². The van der Waals surface area contributed by atoms with Gasteiger partial charge in [-0.15, -0.1) is 22.0 Å². The van der Waals surface area contributed by atoms with Crippen LogP contribution in [0.15, 0.2) is 29.4 Å². The van der Waals surface area contributed by atoms with E-state index in [9.17, 15) is 0 Å².